The Hall–Kier alpha value is -5.85. The molecule has 1 saturated carbocycles. The first-order valence-corrected chi connectivity index (χ1v) is 22.5. The van der Waals surface area contributed by atoms with E-state index in [2.05, 4.69) is 25.9 Å². The van der Waals surface area contributed by atoms with E-state index in [1.165, 1.54) is 24.0 Å². The number of nitrogens with zero attached hydrogens (tertiary/aromatic N) is 4. The highest BCUT2D eigenvalue weighted by molar-refractivity contribution is 5.89. The summed E-state index contributed by atoms with van der Waals surface area (Å²) >= 11 is 0. The number of likely N-dealkylation sites (tertiary alicyclic amines) is 2. The van der Waals surface area contributed by atoms with Crippen molar-refractivity contribution in [2.45, 2.75) is 114 Å². The van der Waals surface area contributed by atoms with Crippen molar-refractivity contribution in [1.82, 2.24) is 40.3 Å². The summed E-state index contributed by atoms with van der Waals surface area (Å²) in [7, 11) is 2.38. The molecule has 3 aromatic rings. The monoisotopic (exact) mass is 920 g/mol. The number of aromatic nitrogens is 3. The molecule has 15 nitrogen and oxygen atoms in total. The van der Waals surface area contributed by atoms with Gasteiger partial charge in [0.25, 0.3) is 5.92 Å². The van der Waals surface area contributed by atoms with Gasteiger partial charge >= 0.3 is 12.2 Å². The fourth-order valence-electron chi connectivity index (χ4n) is 11.2. The number of alkyl carbamates (subject to hydrolysis) is 2. The maximum absolute atomic E-state index is 16.9. The zero-order chi connectivity index (χ0) is 47.3. The van der Waals surface area contributed by atoms with Gasteiger partial charge in [0.2, 0.25) is 11.8 Å². The summed E-state index contributed by atoms with van der Waals surface area (Å²) in [6, 6.07) is 1.80. The smallest absolute Gasteiger partial charge is 0.407 e. The second-order valence-corrected chi connectivity index (χ2v) is 19.2. The van der Waals surface area contributed by atoms with Crippen molar-refractivity contribution in [3.05, 3.63) is 77.3 Å². The van der Waals surface area contributed by atoms with Gasteiger partial charge in [-0.1, -0.05) is 58.9 Å². The van der Waals surface area contributed by atoms with Crippen molar-refractivity contribution in [1.29, 1.82) is 0 Å². The molecular formula is C47H56F4N8O7. The third kappa shape index (κ3) is 7.41. The lowest BCUT2D eigenvalue weighted by atomic mass is 9.88. The zero-order valence-corrected chi connectivity index (χ0v) is 38.0. The minimum absolute atomic E-state index is 0.00912. The number of rotatable bonds is 10. The number of hydrogen-bond acceptors (Lipinski definition) is 9. The number of hydrogen-bond donors (Lipinski definition) is 4. The largest absolute Gasteiger partial charge is 0.453 e. The summed E-state index contributed by atoms with van der Waals surface area (Å²) in [5.41, 5.74) is 2.87. The predicted octanol–water partition coefficient (Wildman–Crippen LogP) is 6.77. The molecule has 354 valence electrons. The topological polar surface area (TPSA) is 172 Å². The van der Waals surface area contributed by atoms with Crippen LogP contribution in [0.15, 0.2) is 60.0 Å². The third-order valence-electron chi connectivity index (χ3n) is 14.6. The van der Waals surface area contributed by atoms with E-state index in [1.807, 2.05) is 54.9 Å². The fraction of sp³-hybridized carbons (Fsp3) is 0.553. The van der Waals surface area contributed by atoms with Gasteiger partial charge in [-0.3, -0.25) is 9.59 Å². The molecule has 1 aromatic carbocycles. The van der Waals surface area contributed by atoms with Gasteiger partial charge in [-0.05, 0) is 48.5 Å². The minimum atomic E-state index is -3.13. The Kier molecular flexibility index (Phi) is 11.3. The number of carbonyl (C=O) groups excluding carboxylic acids is 4. The fourth-order valence-corrected chi connectivity index (χ4v) is 11.2. The molecule has 4 N–H and O–H groups in total. The van der Waals surface area contributed by atoms with Crippen LogP contribution in [0.25, 0.3) is 22.2 Å². The number of H-pyrrole nitrogens is 1. The molecule has 2 saturated heterocycles. The standard InChI is InChI=1S/C47H56F4N8O7/c1-21(2)38(54-44(62)64-7)42(60)57-19-27(48)15-34(57)41-52-18-32(53-41)25-10-12-33-29(13-25)37(49)40-28-11-9-26(14-35(28)66-24(6)59(33)40)31-16-30-23(5)47(30,56-31)36-17-46(50,51)20-58(36)43(61)39(22(3)4)55-45(63)65-8/h9-14,16,18,21-24,27-28,30,34-36,38-39,56H,15,17,19-20H2,1-8H3,(H,52,53)(H,54,62)(H,55,63)/t23?,24?,27?,28?,30?,34-,35?,36-,38?,39?,47?/m0/s1. The average molecular weight is 921 g/mol. The van der Waals surface area contributed by atoms with Gasteiger partial charge in [0.15, 0.2) is 5.82 Å². The van der Waals surface area contributed by atoms with Crippen molar-refractivity contribution in [2.24, 2.45) is 23.7 Å². The van der Waals surface area contributed by atoms with E-state index in [1.54, 1.807) is 40.0 Å². The second-order valence-electron chi connectivity index (χ2n) is 19.2. The summed E-state index contributed by atoms with van der Waals surface area (Å²) in [5, 5.41) is 9.04. The number of alkyl halides is 3. The van der Waals surface area contributed by atoms with E-state index in [0.29, 0.717) is 33.7 Å². The molecule has 2 aliphatic carbocycles. The van der Waals surface area contributed by atoms with E-state index < -0.39 is 103 Å². The number of ether oxygens (including phenoxy) is 3. The van der Waals surface area contributed by atoms with Crippen LogP contribution < -0.4 is 16.0 Å². The van der Waals surface area contributed by atoms with Crippen LogP contribution in [0.4, 0.5) is 27.2 Å². The summed E-state index contributed by atoms with van der Waals surface area (Å²) in [4.78, 5) is 62.2. The molecule has 0 spiro atoms. The van der Waals surface area contributed by atoms with Crippen molar-refractivity contribution in [3.63, 3.8) is 0 Å². The maximum Gasteiger partial charge on any atom is 0.407 e. The molecule has 0 radical (unpaired) electrons. The first kappa shape index (κ1) is 45.3. The number of benzene rings is 1. The van der Waals surface area contributed by atoms with Gasteiger partial charge in [-0.15, -0.1) is 0 Å². The first-order chi connectivity index (χ1) is 31.3. The van der Waals surface area contributed by atoms with Crippen molar-refractivity contribution in [3.8, 4) is 11.3 Å². The van der Waals surface area contributed by atoms with Crippen LogP contribution in [0.5, 0.6) is 0 Å². The van der Waals surface area contributed by atoms with E-state index >= 15 is 13.2 Å². The zero-order valence-electron chi connectivity index (χ0n) is 38.0. The SMILES string of the molecule is COC(=O)NC(C(=O)N1CC(F)(F)C[C@H]1C12NC(C3=CC4OC(C)n5c(c(F)c6cc(-c7cnc([C@@H]8CC(F)CN8C(=O)C(NC(=O)OC)C(C)C)[nH]7)ccc65)C4C=C3)=CC1C2C)C(C)C. The molecule has 3 fully saturated rings. The van der Waals surface area contributed by atoms with Crippen molar-refractivity contribution < 1.29 is 51.0 Å². The number of nitrogens with one attached hydrogen (secondary N) is 4. The molecular weight excluding hydrogens is 865 g/mol. The van der Waals surface area contributed by atoms with Gasteiger partial charge in [0, 0.05) is 35.4 Å². The summed E-state index contributed by atoms with van der Waals surface area (Å²) in [6.45, 7) is 9.92. The quantitative estimate of drug-likeness (QED) is 0.160. The predicted molar refractivity (Wildman–Crippen MR) is 233 cm³/mol. The van der Waals surface area contributed by atoms with Gasteiger partial charge in [0.1, 0.15) is 30.3 Å². The van der Waals surface area contributed by atoms with Gasteiger partial charge < -0.3 is 49.5 Å². The molecule has 4 amide bonds. The number of aromatic amines is 1. The average Bonchev–Trinajstić information content (AvgIpc) is 3.98. The Labute approximate surface area is 379 Å². The van der Waals surface area contributed by atoms with Crippen LogP contribution in [0.1, 0.15) is 84.1 Å². The molecule has 19 heteroatoms. The van der Waals surface area contributed by atoms with Crippen molar-refractivity contribution >= 4 is 34.9 Å². The number of imidazole rings is 1. The number of amides is 4. The normalized spacial score (nSPS) is 30.3. The van der Waals surface area contributed by atoms with Crippen LogP contribution in [-0.4, -0.2) is 118 Å². The molecule has 66 heavy (non-hydrogen) atoms. The van der Waals surface area contributed by atoms with E-state index in [9.17, 15) is 23.6 Å². The second kappa shape index (κ2) is 16.5. The van der Waals surface area contributed by atoms with Gasteiger partial charge in [-0.2, -0.15) is 0 Å². The molecule has 9 unspecified atom stereocenters. The lowest BCUT2D eigenvalue weighted by molar-refractivity contribution is -0.137. The molecule has 6 heterocycles. The Morgan fingerprint density at radius 2 is 1.64 bits per heavy atom. The third-order valence-corrected chi connectivity index (χ3v) is 14.6. The number of fused-ring (bicyclic) bond motifs is 6. The van der Waals surface area contributed by atoms with Crippen LogP contribution in [0.3, 0.4) is 0 Å². The van der Waals surface area contributed by atoms with Crippen LogP contribution in [0, 0.1) is 29.5 Å². The molecule has 2 aromatic heterocycles. The first-order valence-electron chi connectivity index (χ1n) is 22.5. The van der Waals surface area contributed by atoms with Crippen molar-refractivity contribution in [2.75, 3.05) is 27.3 Å². The number of methoxy groups -OCH3 is 2. The minimum Gasteiger partial charge on any atom is -0.453 e. The highest BCUT2D eigenvalue weighted by Crippen LogP contribution is 2.62. The number of allylic oxidation sites excluding steroid dienone is 1. The lowest BCUT2D eigenvalue weighted by Gasteiger charge is -2.38. The Bertz CT molecular complexity index is 2570. The molecule has 6 aliphatic rings. The van der Waals surface area contributed by atoms with Gasteiger partial charge in [0.05, 0.1) is 80.1 Å². The summed E-state index contributed by atoms with van der Waals surface area (Å²) in [6.07, 6.45) is 4.77. The van der Waals surface area contributed by atoms with Gasteiger partial charge in [-0.25, -0.2) is 32.1 Å². The van der Waals surface area contributed by atoms with Crippen LogP contribution in [0.2, 0.25) is 0 Å². The van der Waals surface area contributed by atoms with Crippen LogP contribution in [-0.2, 0) is 23.8 Å². The van der Waals surface area contributed by atoms with E-state index in [-0.39, 0.29) is 36.6 Å². The molecule has 0 bridgehead atoms. The molecule has 11 atom stereocenters. The molecule has 9 rings (SSSR count). The summed E-state index contributed by atoms with van der Waals surface area (Å²) in [5.74, 6) is -5.60. The number of halogens is 4. The van der Waals surface area contributed by atoms with Crippen LogP contribution >= 0.6 is 0 Å². The molecule has 4 aliphatic heterocycles. The highest BCUT2D eigenvalue weighted by Gasteiger charge is 2.73. The van der Waals surface area contributed by atoms with E-state index in [0.717, 1.165) is 11.3 Å². The maximum atomic E-state index is 16.9. The Morgan fingerprint density at radius 3 is 2.29 bits per heavy atom. The highest BCUT2D eigenvalue weighted by atomic mass is 19.3. The Morgan fingerprint density at radius 1 is 0.970 bits per heavy atom. The number of carbonyl (C=O) groups is 4. The Balaban J connectivity index is 0.941. The van der Waals surface area contributed by atoms with E-state index in [4.69, 9.17) is 14.2 Å². The summed E-state index contributed by atoms with van der Waals surface area (Å²) < 4.78 is 80.3. The lowest BCUT2D eigenvalue weighted by Crippen LogP contribution is -2.57.